The maximum Gasteiger partial charge on any atom is 0.233 e. The van der Waals surface area contributed by atoms with Gasteiger partial charge in [0.25, 0.3) is 0 Å². The number of Topliss-reactive ketones (excluding diaryl/α,β-unsaturated/α-hetero) is 2. The van der Waals surface area contributed by atoms with Crippen LogP contribution in [0.3, 0.4) is 0 Å². The summed E-state index contributed by atoms with van der Waals surface area (Å²) in [7, 11) is 0. The normalized spacial score (nSPS) is 10.3. The Morgan fingerprint density at radius 1 is 0.737 bits per heavy atom. The highest BCUT2D eigenvalue weighted by molar-refractivity contribution is 6.49. The van der Waals surface area contributed by atoms with Gasteiger partial charge in [0.2, 0.25) is 11.6 Å². The van der Waals surface area contributed by atoms with E-state index in [2.05, 4.69) is 0 Å². The van der Waals surface area contributed by atoms with Crippen LogP contribution in [0.15, 0.2) is 42.5 Å². The minimum absolute atomic E-state index is 0.435. The fourth-order valence-corrected chi connectivity index (χ4v) is 2.05. The summed E-state index contributed by atoms with van der Waals surface area (Å²) < 4.78 is 0. The monoisotopic (exact) mass is 252 g/mol. The number of carbonyl (C=O) groups is 2. The van der Waals surface area contributed by atoms with Gasteiger partial charge in [-0.3, -0.25) is 9.59 Å². The molecule has 2 aromatic rings. The molecule has 2 rings (SSSR count). The third-order valence-electron chi connectivity index (χ3n) is 3.33. The van der Waals surface area contributed by atoms with E-state index < -0.39 is 11.6 Å². The first kappa shape index (κ1) is 13.2. The molecule has 0 fully saturated rings. The molecular formula is C17H16O2. The molecule has 19 heavy (non-hydrogen) atoms. The van der Waals surface area contributed by atoms with Crippen molar-refractivity contribution in [3.63, 3.8) is 0 Å². The molecule has 0 aliphatic carbocycles. The average Bonchev–Trinajstić information content (AvgIpc) is 2.42. The standard InChI is InChI=1S/C17H16O2/c1-11-9-13(3)15(10-12(11)2)17(19)16(18)14-7-5-4-6-8-14/h4-10H,1-3H3. The van der Waals surface area contributed by atoms with Crippen LogP contribution in [0.5, 0.6) is 0 Å². The first-order valence-corrected chi connectivity index (χ1v) is 6.22. The quantitative estimate of drug-likeness (QED) is 0.617. The summed E-state index contributed by atoms with van der Waals surface area (Å²) in [5.74, 6) is -0.890. The van der Waals surface area contributed by atoms with Crippen molar-refractivity contribution in [2.45, 2.75) is 20.8 Å². The lowest BCUT2D eigenvalue weighted by atomic mass is 9.94. The lowest BCUT2D eigenvalue weighted by Gasteiger charge is -2.08. The molecule has 0 radical (unpaired) electrons. The lowest BCUT2D eigenvalue weighted by Crippen LogP contribution is -2.16. The topological polar surface area (TPSA) is 34.1 Å². The number of hydrogen-bond acceptors (Lipinski definition) is 2. The molecule has 0 N–H and O–H groups in total. The number of benzene rings is 2. The Morgan fingerprint density at radius 3 is 1.95 bits per heavy atom. The van der Waals surface area contributed by atoms with Crippen molar-refractivity contribution in [2.24, 2.45) is 0 Å². The summed E-state index contributed by atoms with van der Waals surface area (Å²) in [6, 6.07) is 12.4. The molecule has 0 unspecified atom stereocenters. The van der Waals surface area contributed by atoms with Gasteiger partial charge >= 0.3 is 0 Å². The summed E-state index contributed by atoms with van der Waals surface area (Å²) in [6.07, 6.45) is 0. The molecule has 2 heteroatoms. The first-order chi connectivity index (χ1) is 9.00. The second kappa shape index (κ2) is 5.19. The largest absolute Gasteiger partial charge is 0.285 e. The first-order valence-electron chi connectivity index (χ1n) is 6.22. The number of carbonyl (C=O) groups excluding carboxylic acids is 2. The van der Waals surface area contributed by atoms with Gasteiger partial charge in [0.1, 0.15) is 0 Å². The highest BCUT2D eigenvalue weighted by Crippen LogP contribution is 2.17. The van der Waals surface area contributed by atoms with Crippen molar-refractivity contribution in [2.75, 3.05) is 0 Å². The molecule has 0 aromatic heterocycles. The SMILES string of the molecule is Cc1cc(C)c(C(=O)C(=O)c2ccccc2)cc1C. The van der Waals surface area contributed by atoms with E-state index >= 15 is 0 Å². The fraction of sp³-hybridized carbons (Fsp3) is 0.176. The van der Waals surface area contributed by atoms with E-state index in [0.717, 1.165) is 16.7 Å². The highest BCUT2D eigenvalue weighted by atomic mass is 16.2. The molecule has 0 aliphatic rings. The molecule has 2 nitrogen and oxygen atoms in total. The zero-order valence-corrected chi connectivity index (χ0v) is 11.4. The van der Waals surface area contributed by atoms with E-state index in [9.17, 15) is 9.59 Å². The number of aryl methyl sites for hydroxylation is 3. The predicted molar refractivity (Wildman–Crippen MR) is 75.8 cm³/mol. The molecule has 2 aromatic carbocycles. The van der Waals surface area contributed by atoms with Gasteiger partial charge in [-0.15, -0.1) is 0 Å². The Kier molecular flexibility index (Phi) is 3.61. The molecule has 0 aliphatic heterocycles. The van der Waals surface area contributed by atoms with E-state index in [4.69, 9.17) is 0 Å². The zero-order valence-electron chi connectivity index (χ0n) is 11.4. The Balaban J connectivity index is 2.40. The van der Waals surface area contributed by atoms with Gasteiger partial charge in [0.05, 0.1) is 0 Å². The van der Waals surface area contributed by atoms with Crippen LogP contribution in [-0.4, -0.2) is 11.6 Å². The van der Waals surface area contributed by atoms with Gasteiger partial charge in [-0.05, 0) is 43.5 Å². The third-order valence-corrected chi connectivity index (χ3v) is 3.33. The van der Waals surface area contributed by atoms with Crippen LogP contribution in [0.25, 0.3) is 0 Å². The Bertz CT molecular complexity index is 640. The van der Waals surface area contributed by atoms with Crippen molar-refractivity contribution >= 4 is 11.6 Å². The van der Waals surface area contributed by atoms with Gasteiger partial charge in [-0.1, -0.05) is 36.4 Å². The summed E-state index contributed by atoms with van der Waals surface area (Å²) in [5, 5.41) is 0. The van der Waals surface area contributed by atoms with Gasteiger partial charge in [0.15, 0.2) is 0 Å². The minimum atomic E-state index is -0.452. The van der Waals surface area contributed by atoms with Crippen molar-refractivity contribution < 1.29 is 9.59 Å². The van der Waals surface area contributed by atoms with Crippen LogP contribution < -0.4 is 0 Å². The summed E-state index contributed by atoms with van der Waals surface area (Å²) >= 11 is 0. The second-order valence-corrected chi connectivity index (χ2v) is 4.78. The molecule has 0 atom stereocenters. The van der Waals surface area contributed by atoms with E-state index in [-0.39, 0.29) is 0 Å². The predicted octanol–water partition coefficient (Wildman–Crippen LogP) is 3.68. The Hall–Kier alpha value is -2.22. The highest BCUT2D eigenvalue weighted by Gasteiger charge is 2.20. The third kappa shape index (κ3) is 2.63. The van der Waals surface area contributed by atoms with Crippen molar-refractivity contribution in [1.29, 1.82) is 0 Å². The van der Waals surface area contributed by atoms with E-state index in [1.54, 1.807) is 30.3 Å². The van der Waals surface area contributed by atoms with Crippen LogP contribution in [0.1, 0.15) is 37.4 Å². The molecule has 0 saturated heterocycles. The Labute approximate surface area is 113 Å². The van der Waals surface area contributed by atoms with Crippen molar-refractivity contribution in [3.05, 3.63) is 70.3 Å². The van der Waals surface area contributed by atoms with E-state index in [0.29, 0.717) is 11.1 Å². The summed E-state index contributed by atoms with van der Waals surface area (Å²) in [5.41, 5.74) is 3.93. The van der Waals surface area contributed by atoms with Crippen LogP contribution in [0.4, 0.5) is 0 Å². The van der Waals surface area contributed by atoms with Crippen LogP contribution in [-0.2, 0) is 0 Å². The number of hydrogen-bond donors (Lipinski definition) is 0. The average molecular weight is 252 g/mol. The van der Waals surface area contributed by atoms with Crippen molar-refractivity contribution in [3.8, 4) is 0 Å². The number of rotatable bonds is 3. The van der Waals surface area contributed by atoms with Crippen LogP contribution in [0, 0.1) is 20.8 Å². The zero-order chi connectivity index (χ0) is 14.0. The number of ketones is 2. The molecule has 0 saturated carbocycles. The summed E-state index contributed by atoms with van der Waals surface area (Å²) in [4.78, 5) is 24.4. The van der Waals surface area contributed by atoms with Crippen LogP contribution in [0.2, 0.25) is 0 Å². The molecule has 96 valence electrons. The smallest absolute Gasteiger partial charge is 0.233 e. The maximum atomic E-state index is 12.3. The lowest BCUT2D eigenvalue weighted by molar-refractivity contribution is 0.0816. The van der Waals surface area contributed by atoms with Gasteiger partial charge in [-0.25, -0.2) is 0 Å². The minimum Gasteiger partial charge on any atom is -0.285 e. The van der Waals surface area contributed by atoms with E-state index in [1.165, 1.54) is 0 Å². The van der Waals surface area contributed by atoms with Gasteiger partial charge in [-0.2, -0.15) is 0 Å². The van der Waals surface area contributed by atoms with E-state index in [1.807, 2.05) is 32.9 Å². The maximum absolute atomic E-state index is 12.3. The van der Waals surface area contributed by atoms with Crippen molar-refractivity contribution in [1.82, 2.24) is 0 Å². The summed E-state index contributed by atoms with van der Waals surface area (Å²) in [6.45, 7) is 5.80. The fourth-order valence-electron chi connectivity index (χ4n) is 2.05. The Morgan fingerprint density at radius 2 is 1.32 bits per heavy atom. The molecule has 0 amide bonds. The molecule has 0 bridgehead atoms. The van der Waals surface area contributed by atoms with Crippen LogP contribution >= 0.6 is 0 Å². The second-order valence-electron chi connectivity index (χ2n) is 4.78. The molecule has 0 spiro atoms. The van der Waals surface area contributed by atoms with Gasteiger partial charge < -0.3 is 0 Å². The molecular weight excluding hydrogens is 236 g/mol. The van der Waals surface area contributed by atoms with Gasteiger partial charge in [0, 0.05) is 11.1 Å². The molecule has 0 heterocycles.